The van der Waals surface area contributed by atoms with E-state index in [0.29, 0.717) is 0 Å². The van der Waals surface area contributed by atoms with Crippen LogP contribution in [0.5, 0.6) is 5.75 Å². The Hall–Kier alpha value is -2.22. The standard InChI is InChI=1S/C13H15F2NO5/c1-3-21-12(20)13(14,15)10(16)8-5-7(11(18)19)4-6(2)9(8)17/h4-5,10,17H,3,16H2,1-2H3,(H,18,19)/t10-/m0/s1. The van der Waals surface area contributed by atoms with E-state index in [1.54, 1.807) is 0 Å². The molecule has 116 valence electrons. The van der Waals surface area contributed by atoms with Crippen molar-refractivity contribution < 1.29 is 33.3 Å². The van der Waals surface area contributed by atoms with Gasteiger partial charge in [0.25, 0.3) is 0 Å². The van der Waals surface area contributed by atoms with Gasteiger partial charge in [0.15, 0.2) is 0 Å². The summed E-state index contributed by atoms with van der Waals surface area (Å²) >= 11 is 0. The molecule has 0 saturated carbocycles. The molecular weight excluding hydrogens is 288 g/mol. The Labute approximate surface area is 119 Å². The summed E-state index contributed by atoms with van der Waals surface area (Å²) < 4.78 is 32.0. The van der Waals surface area contributed by atoms with Crippen LogP contribution in [0.25, 0.3) is 0 Å². The largest absolute Gasteiger partial charge is 0.507 e. The van der Waals surface area contributed by atoms with E-state index < -0.39 is 35.2 Å². The number of alkyl halides is 2. The third kappa shape index (κ3) is 3.27. The summed E-state index contributed by atoms with van der Waals surface area (Å²) in [6.45, 7) is 2.42. The lowest BCUT2D eigenvalue weighted by Gasteiger charge is -2.23. The molecule has 0 fully saturated rings. The van der Waals surface area contributed by atoms with E-state index in [9.17, 15) is 23.5 Å². The number of carboxylic acids is 1. The SMILES string of the molecule is CCOC(=O)C(F)(F)[C@@H](N)c1cc(C(=O)O)cc(C)c1O. The molecule has 0 aromatic heterocycles. The lowest BCUT2D eigenvalue weighted by Crippen LogP contribution is -2.41. The fourth-order valence-corrected chi connectivity index (χ4v) is 1.72. The van der Waals surface area contributed by atoms with Crippen LogP contribution in [0, 0.1) is 6.92 Å². The molecule has 0 bridgehead atoms. The summed E-state index contributed by atoms with van der Waals surface area (Å²) in [7, 11) is 0. The van der Waals surface area contributed by atoms with Gasteiger partial charge >= 0.3 is 17.9 Å². The predicted octanol–water partition coefficient (Wildman–Crippen LogP) is 1.60. The molecule has 4 N–H and O–H groups in total. The van der Waals surface area contributed by atoms with Crippen LogP contribution in [0.15, 0.2) is 12.1 Å². The van der Waals surface area contributed by atoms with Crippen molar-refractivity contribution in [2.45, 2.75) is 25.8 Å². The van der Waals surface area contributed by atoms with Gasteiger partial charge in [0.05, 0.1) is 12.2 Å². The number of rotatable bonds is 5. The number of phenolic OH excluding ortho intramolecular Hbond substituents is 1. The molecule has 1 rings (SSSR count). The van der Waals surface area contributed by atoms with Gasteiger partial charge in [-0.25, -0.2) is 9.59 Å². The fourth-order valence-electron chi connectivity index (χ4n) is 1.72. The first-order valence-electron chi connectivity index (χ1n) is 6.00. The first kappa shape index (κ1) is 16.8. The van der Waals surface area contributed by atoms with Gasteiger partial charge < -0.3 is 20.7 Å². The first-order chi connectivity index (χ1) is 9.62. The number of carbonyl (C=O) groups excluding carboxylic acids is 1. The molecule has 8 heteroatoms. The highest BCUT2D eigenvalue weighted by Gasteiger charge is 2.48. The highest BCUT2D eigenvalue weighted by Crippen LogP contribution is 2.37. The minimum absolute atomic E-state index is 0.0556. The lowest BCUT2D eigenvalue weighted by molar-refractivity contribution is -0.174. The van der Waals surface area contributed by atoms with Crippen molar-refractivity contribution in [1.29, 1.82) is 0 Å². The van der Waals surface area contributed by atoms with E-state index in [4.69, 9.17) is 10.8 Å². The average Bonchev–Trinajstić information content (AvgIpc) is 2.40. The number of carbonyl (C=O) groups is 2. The minimum Gasteiger partial charge on any atom is -0.507 e. The second-order valence-electron chi connectivity index (χ2n) is 4.36. The quantitative estimate of drug-likeness (QED) is 0.713. The van der Waals surface area contributed by atoms with Crippen molar-refractivity contribution in [2.24, 2.45) is 5.73 Å². The van der Waals surface area contributed by atoms with Gasteiger partial charge in [-0.2, -0.15) is 8.78 Å². The van der Waals surface area contributed by atoms with E-state index in [0.717, 1.165) is 12.1 Å². The third-order valence-electron chi connectivity index (χ3n) is 2.85. The normalized spacial score (nSPS) is 12.8. The van der Waals surface area contributed by atoms with Crippen molar-refractivity contribution in [1.82, 2.24) is 0 Å². The van der Waals surface area contributed by atoms with Gasteiger partial charge in [-0.05, 0) is 31.5 Å². The molecule has 0 aliphatic rings. The summed E-state index contributed by atoms with van der Waals surface area (Å²) in [5, 5.41) is 18.7. The molecule has 1 aromatic carbocycles. The molecule has 0 saturated heterocycles. The highest BCUT2D eigenvalue weighted by molar-refractivity contribution is 5.89. The van der Waals surface area contributed by atoms with Crippen LogP contribution in [-0.4, -0.2) is 34.7 Å². The van der Waals surface area contributed by atoms with E-state index in [1.165, 1.54) is 13.8 Å². The van der Waals surface area contributed by atoms with E-state index in [-0.39, 0.29) is 17.7 Å². The minimum atomic E-state index is -4.10. The number of nitrogens with two attached hydrogens (primary N) is 1. The van der Waals surface area contributed by atoms with Crippen molar-refractivity contribution in [3.63, 3.8) is 0 Å². The second kappa shape index (κ2) is 6.04. The Morgan fingerprint density at radius 3 is 2.48 bits per heavy atom. The van der Waals surface area contributed by atoms with E-state index >= 15 is 0 Å². The van der Waals surface area contributed by atoms with E-state index in [1.807, 2.05) is 0 Å². The number of benzene rings is 1. The van der Waals surface area contributed by atoms with Crippen LogP contribution in [0.4, 0.5) is 8.78 Å². The number of aryl methyl sites for hydroxylation is 1. The maximum atomic E-state index is 13.9. The number of aromatic carboxylic acids is 1. The van der Waals surface area contributed by atoms with Gasteiger partial charge in [-0.15, -0.1) is 0 Å². The van der Waals surface area contributed by atoms with Crippen LogP contribution in [0.3, 0.4) is 0 Å². The number of phenols is 1. The van der Waals surface area contributed by atoms with Gasteiger partial charge in [0.1, 0.15) is 11.8 Å². The summed E-state index contributed by atoms with van der Waals surface area (Å²) in [6, 6.07) is -0.312. The topological polar surface area (TPSA) is 110 Å². The molecular formula is C13H15F2NO5. The number of carboxylic acid groups (broad SMARTS) is 1. The zero-order valence-corrected chi connectivity index (χ0v) is 11.4. The molecule has 0 radical (unpaired) electrons. The molecule has 21 heavy (non-hydrogen) atoms. The highest BCUT2D eigenvalue weighted by atomic mass is 19.3. The number of esters is 1. The first-order valence-corrected chi connectivity index (χ1v) is 6.00. The Kier molecular flexibility index (Phi) is 4.84. The number of hydrogen-bond donors (Lipinski definition) is 3. The molecule has 6 nitrogen and oxygen atoms in total. The maximum Gasteiger partial charge on any atom is 0.379 e. The number of halogens is 2. The summed E-state index contributed by atoms with van der Waals surface area (Å²) in [4.78, 5) is 22.2. The number of hydrogen-bond acceptors (Lipinski definition) is 5. The van der Waals surface area contributed by atoms with Gasteiger partial charge in [0, 0.05) is 5.56 Å². The van der Waals surface area contributed by atoms with E-state index in [2.05, 4.69) is 4.74 Å². The molecule has 1 aromatic rings. The second-order valence-corrected chi connectivity index (χ2v) is 4.36. The van der Waals surface area contributed by atoms with Crippen molar-refractivity contribution in [3.8, 4) is 5.75 Å². The molecule has 0 aliphatic heterocycles. The zero-order valence-electron chi connectivity index (χ0n) is 11.4. The molecule has 0 unspecified atom stereocenters. The Morgan fingerprint density at radius 2 is 2.00 bits per heavy atom. The molecule has 0 aliphatic carbocycles. The Bertz CT molecular complexity index is 574. The molecule has 0 heterocycles. The van der Waals surface area contributed by atoms with Crippen molar-refractivity contribution in [2.75, 3.05) is 6.61 Å². The molecule has 1 atom stereocenters. The van der Waals surface area contributed by atoms with Crippen LogP contribution < -0.4 is 5.73 Å². The number of aromatic hydroxyl groups is 1. The monoisotopic (exact) mass is 303 g/mol. The molecule has 0 spiro atoms. The van der Waals surface area contributed by atoms with Gasteiger partial charge in [-0.3, -0.25) is 0 Å². The summed E-state index contributed by atoms with van der Waals surface area (Å²) in [6.07, 6.45) is 0. The molecule has 0 amide bonds. The van der Waals surface area contributed by atoms with Crippen LogP contribution in [-0.2, 0) is 9.53 Å². The van der Waals surface area contributed by atoms with Crippen molar-refractivity contribution in [3.05, 3.63) is 28.8 Å². The summed E-state index contributed by atoms with van der Waals surface area (Å²) in [5.41, 5.74) is 4.53. The van der Waals surface area contributed by atoms with Crippen molar-refractivity contribution >= 4 is 11.9 Å². The number of ether oxygens (including phenoxy) is 1. The predicted molar refractivity (Wildman–Crippen MR) is 68.3 cm³/mol. The van der Waals surface area contributed by atoms with Crippen LogP contribution in [0.2, 0.25) is 0 Å². The van der Waals surface area contributed by atoms with Gasteiger partial charge in [0.2, 0.25) is 0 Å². The van der Waals surface area contributed by atoms with Crippen LogP contribution in [0.1, 0.15) is 34.5 Å². The summed E-state index contributed by atoms with van der Waals surface area (Å²) in [5.74, 6) is -7.89. The third-order valence-corrected chi connectivity index (χ3v) is 2.85. The Balaban J connectivity index is 3.32. The average molecular weight is 303 g/mol. The van der Waals surface area contributed by atoms with Crippen LogP contribution >= 0.6 is 0 Å². The lowest BCUT2D eigenvalue weighted by atomic mass is 9.95. The Morgan fingerprint density at radius 1 is 1.43 bits per heavy atom. The van der Waals surface area contributed by atoms with Gasteiger partial charge in [-0.1, -0.05) is 0 Å². The smallest absolute Gasteiger partial charge is 0.379 e. The zero-order chi connectivity index (χ0) is 16.4. The maximum absolute atomic E-state index is 13.9. The fraction of sp³-hybridized carbons (Fsp3) is 0.385.